The van der Waals surface area contributed by atoms with Crippen molar-refractivity contribution in [2.75, 3.05) is 13.1 Å². The molecule has 0 amide bonds. The third-order valence-electron chi connectivity index (χ3n) is 8.82. The number of alkyl halides is 3. The van der Waals surface area contributed by atoms with Crippen molar-refractivity contribution in [3.63, 3.8) is 0 Å². The van der Waals surface area contributed by atoms with E-state index in [1.807, 2.05) is 31.2 Å². The van der Waals surface area contributed by atoms with Gasteiger partial charge in [0.15, 0.2) is 9.84 Å². The van der Waals surface area contributed by atoms with Crippen LogP contribution in [0.5, 0.6) is 0 Å². The Bertz CT molecular complexity index is 1440. The highest BCUT2D eigenvalue weighted by Gasteiger charge is 2.49. The van der Waals surface area contributed by atoms with Crippen molar-refractivity contribution < 1.29 is 21.6 Å². The number of aryl methyl sites for hydroxylation is 2. The molecule has 216 valence electrons. The van der Waals surface area contributed by atoms with Gasteiger partial charge in [0.05, 0.1) is 16.2 Å². The normalized spacial score (nSPS) is 23.4. The highest BCUT2D eigenvalue weighted by molar-refractivity contribution is 9.10. The Morgan fingerprint density at radius 3 is 2.23 bits per heavy atom. The van der Waals surface area contributed by atoms with E-state index in [2.05, 4.69) is 43.6 Å². The molecular weight excluding hydrogens is 603 g/mol. The third kappa shape index (κ3) is 5.51. The van der Waals surface area contributed by atoms with E-state index in [9.17, 15) is 21.6 Å². The average Bonchev–Trinajstić information content (AvgIpc) is 3.33. The second kappa shape index (κ2) is 11.2. The average molecular weight is 639 g/mol. The summed E-state index contributed by atoms with van der Waals surface area (Å²) in [4.78, 5) is 2.44. The Hall–Kier alpha value is -2.17. The minimum Gasteiger partial charge on any atom is -0.300 e. The van der Waals surface area contributed by atoms with Crippen LogP contribution in [0.4, 0.5) is 13.2 Å². The van der Waals surface area contributed by atoms with E-state index >= 15 is 0 Å². The highest BCUT2D eigenvalue weighted by atomic mass is 79.9. The lowest BCUT2D eigenvalue weighted by molar-refractivity contribution is -0.137. The molecule has 1 aromatic heterocycles. The van der Waals surface area contributed by atoms with E-state index in [0.717, 1.165) is 66.9 Å². The molecular formula is C30H35BrF3N3O2S. The molecule has 5 nitrogen and oxygen atoms in total. The van der Waals surface area contributed by atoms with Gasteiger partial charge in [0.25, 0.3) is 0 Å². The van der Waals surface area contributed by atoms with E-state index in [0.29, 0.717) is 37.2 Å². The lowest BCUT2D eigenvalue weighted by Gasteiger charge is -2.45. The highest BCUT2D eigenvalue weighted by Crippen LogP contribution is 2.49. The quantitative estimate of drug-likeness (QED) is 0.281. The van der Waals surface area contributed by atoms with Crippen LogP contribution in [-0.4, -0.2) is 42.2 Å². The van der Waals surface area contributed by atoms with Crippen LogP contribution in [0.25, 0.3) is 0 Å². The zero-order valence-electron chi connectivity index (χ0n) is 22.8. The number of hydrogen-bond acceptors (Lipinski definition) is 4. The van der Waals surface area contributed by atoms with Crippen molar-refractivity contribution in [1.82, 2.24) is 14.7 Å². The summed E-state index contributed by atoms with van der Waals surface area (Å²) in [6.07, 6.45) is -0.181. The van der Waals surface area contributed by atoms with Crippen LogP contribution in [0, 0.1) is 6.92 Å². The molecule has 0 radical (unpaired) electrons. The molecule has 40 heavy (non-hydrogen) atoms. The zero-order valence-corrected chi connectivity index (χ0v) is 25.2. The first kappa shape index (κ1) is 29.3. The Morgan fingerprint density at radius 1 is 1.00 bits per heavy atom. The zero-order chi connectivity index (χ0) is 28.7. The number of benzene rings is 2. The summed E-state index contributed by atoms with van der Waals surface area (Å²) in [5.41, 5.74) is 2.18. The van der Waals surface area contributed by atoms with Gasteiger partial charge in [-0.2, -0.15) is 18.3 Å². The van der Waals surface area contributed by atoms with Gasteiger partial charge < -0.3 is 4.90 Å². The van der Waals surface area contributed by atoms with Gasteiger partial charge in [-0.3, -0.25) is 4.68 Å². The number of aromatic nitrogens is 2. The van der Waals surface area contributed by atoms with Crippen molar-refractivity contribution in [3.05, 3.63) is 81.6 Å². The first-order valence-electron chi connectivity index (χ1n) is 13.9. The maximum Gasteiger partial charge on any atom is 0.416 e. The fourth-order valence-corrected chi connectivity index (χ4v) is 9.23. The van der Waals surface area contributed by atoms with Crippen LogP contribution in [0.1, 0.15) is 73.9 Å². The summed E-state index contributed by atoms with van der Waals surface area (Å²) in [5.74, 6) is 0.474. The third-order valence-corrected chi connectivity index (χ3v) is 11.9. The maximum absolute atomic E-state index is 14.2. The first-order valence-corrected chi connectivity index (χ1v) is 16.2. The molecule has 3 aromatic rings. The van der Waals surface area contributed by atoms with Gasteiger partial charge >= 0.3 is 6.18 Å². The molecule has 2 fully saturated rings. The predicted molar refractivity (Wildman–Crippen MR) is 153 cm³/mol. The first-order chi connectivity index (χ1) is 18.9. The smallest absolute Gasteiger partial charge is 0.300 e. The van der Waals surface area contributed by atoms with E-state index in [1.54, 1.807) is 0 Å². The number of sulfone groups is 1. The SMILES string of the molecule is CCn1nc(C)cc1C1CCN(C2CCC(c3cccc(Br)c3)(S(=O)(=O)c3ccc(C(F)(F)F)cc3)CC2)CC1. The minimum absolute atomic E-state index is 0.0671. The summed E-state index contributed by atoms with van der Waals surface area (Å²) in [6, 6.07) is 13.8. The summed E-state index contributed by atoms with van der Waals surface area (Å²) >= 11 is 3.48. The van der Waals surface area contributed by atoms with Crippen LogP contribution in [0.3, 0.4) is 0 Å². The van der Waals surface area contributed by atoms with Gasteiger partial charge in [-0.1, -0.05) is 28.1 Å². The van der Waals surface area contributed by atoms with Crippen molar-refractivity contribution in [2.45, 2.75) is 86.7 Å². The van der Waals surface area contributed by atoms with Crippen molar-refractivity contribution in [1.29, 1.82) is 0 Å². The molecule has 10 heteroatoms. The molecule has 0 N–H and O–H groups in total. The standard InChI is InChI=1S/C30H35BrF3N3O2S/c1-3-37-28(19-21(2)35-37)22-13-17-36(18-14-22)26-11-15-29(16-12-26,24-5-4-6-25(31)20-24)40(38,39)27-9-7-23(8-10-27)30(32,33)34/h4-10,19-20,22,26H,3,11-18H2,1-2H3. The lowest BCUT2D eigenvalue weighted by atomic mass is 9.79. The Balaban J connectivity index is 1.36. The molecule has 2 aromatic carbocycles. The molecule has 2 aliphatic rings. The number of rotatable bonds is 6. The molecule has 1 saturated carbocycles. The topological polar surface area (TPSA) is 55.2 Å². The van der Waals surface area contributed by atoms with Crippen LogP contribution in [0.15, 0.2) is 64.0 Å². The number of halogens is 4. The molecule has 5 rings (SSSR count). The van der Waals surface area contributed by atoms with Gasteiger partial charge in [0.1, 0.15) is 4.75 Å². The summed E-state index contributed by atoms with van der Waals surface area (Å²) < 4.78 is 69.6. The molecule has 1 aliphatic carbocycles. The molecule has 0 spiro atoms. The number of hydrogen-bond donors (Lipinski definition) is 0. The maximum atomic E-state index is 14.2. The van der Waals surface area contributed by atoms with Crippen molar-refractivity contribution in [2.24, 2.45) is 0 Å². The Morgan fingerprint density at radius 2 is 1.65 bits per heavy atom. The van der Waals surface area contributed by atoms with E-state index in [1.165, 1.54) is 5.69 Å². The second-order valence-electron chi connectivity index (χ2n) is 11.1. The number of likely N-dealkylation sites (tertiary alicyclic amines) is 1. The Labute approximate surface area is 242 Å². The van der Waals surface area contributed by atoms with Gasteiger partial charge in [-0.05, 0) is 113 Å². The lowest BCUT2D eigenvalue weighted by Crippen LogP contribution is -2.48. The van der Waals surface area contributed by atoms with Gasteiger partial charge in [0.2, 0.25) is 0 Å². The number of nitrogens with zero attached hydrogens (tertiary/aromatic N) is 3. The second-order valence-corrected chi connectivity index (χ2v) is 14.3. The fraction of sp³-hybridized carbons (Fsp3) is 0.500. The van der Waals surface area contributed by atoms with E-state index in [4.69, 9.17) is 0 Å². The van der Waals surface area contributed by atoms with Crippen molar-refractivity contribution >= 4 is 25.8 Å². The van der Waals surface area contributed by atoms with Crippen LogP contribution < -0.4 is 0 Å². The van der Waals surface area contributed by atoms with Crippen LogP contribution in [-0.2, 0) is 27.3 Å². The largest absolute Gasteiger partial charge is 0.416 e. The molecule has 2 heterocycles. The van der Waals surface area contributed by atoms with Crippen molar-refractivity contribution in [3.8, 4) is 0 Å². The van der Waals surface area contributed by atoms with Gasteiger partial charge in [-0.15, -0.1) is 0 Å². The van der Waals surface area contributed by atoms with E-state index < -0.39 is 26.3 Å². The van der Waals surface area contributed by atoms with Gasteiger partial charge in [-0.25, -0.2) is 8.42 Å². The summed E-state index contributed by atoms with van der Waals surface area (Å²) in [5, 5.41) is 4.62. The minimum atomic E-state index is -4.52. The van der Waals surface area contributed by atoms with Gasteiger partial charge in [0, 0.05) is 28.7 Å². The number of piperidine rings is 1. The summed E-state index contributed by atoms with van der Waals surface area (Å²) in [7, 11) is -3.98. The molecule has 0 atom stereocenters. The molecule has 1 saturated heterocycles. The van der Waals surface area contributed by atoms with Crippen LogP contribution >= 0.6 is 15.9 Å². The monoisotopic (exact) mass is 637 g/mol. The Kier molecular flexibility index (Phi) is 8.25. The molecule has 0 unspecified atom stereocenters. The predicted octanol–water partition coefficient (Wildman–Crippen LogP) is 7.48. The fourth-order valence-electron chi connectivity index (χ4n) is 6.67. The molecule has 1 aliphatic heterocycles. The molecule has 0 bridgehead atoms. The van der Waals surface area contributed by atoms with E-state index in [-0.39, 0.29) is 10.9 Å². The van der Waals surface area contributed by atoms with Crippen LogP contribution in [0.2, 0.25) is 0 Å². The summed E-state index contributed by atoms with van der Waals surface area (Å²) in [6.45, 7) is 6.92.